The van der Waals surface area contributed by atoms with Gasteiger partial charge in [0.05, 0.1) is 12.0 Å². The fourth-order valence-corrected chi connectivity index (χ4v) is 1.78. The topological polar surface area (TPSA) is 96.9 Å². The number of nitrogens with one attached hydrogen (secondary N) is 1. The standard InChI is InChI=1S/C11H22N2O3S/c1-4-7(2)9(12)10(14)13-8(11(15)16)5-6-17-3/h7-9H,4-6,12H2,1-3H3,(H,13,14)(H,15,16)/t7-,8-,9-/m0/s1. The molecule has 0 radical (unpaired) electrons. The molecule has 0 saturated heterocycles. The van der Waals surface area contributed by atoms with Gasteiger partial charge in [0, 0.05) is 5.92 Å². The molecule has 0 aliphatic carbocycles. The van der Waals surface area contributed by atoms with E-state index < -0.39 is 18.1 Å². The summed E-state index contributed by atoms with van der Waals surface area (Å²) in [5.41, 5.74) is 3.77. The Morgan fingerprint density at radius 3 is 2.47 bits per heavy atom. The zero-order chi connectivity index (χ0) is 13.4. The van der Waals surface area contributed by atoms with Crippen LogP contribution in [0.25, 0.3) is 0 Å². The Hall–Kier alpha value is -0.750. The molecule has 100 valence electrons. The van der Waals surface area contributed by atoms with Gasteiger partial charge in [0.1, 0.15) is 0 Å². The van der Waals surface area contributed by atoms with Crippen molar-refractivity contribution < 1.29 is 20.4 Å². The summed E-state index contributed by atoms with van der Waals surface area (Å²) < 4.78 is 0. The number of aliphatic carboxylic acids is 1. The highest BCUT2D eigenvalue weighted by Crippen LogP contribution is 2.05. The average molecular weight is 262 g/mol. The molecule has 4 N–H and O–H groups in total. The predicted octanol–water partition coefficient (Wildman–Crippen LogP) is -1.37. The molecule has 0 aromatic rings. The molecular formula is C11H22N2O3S. The molecule has 1 amide bonds. The van der Waals surface area contributed by atoms with Crippen molar-refractivity contribution in [2.24, 2.45) is 5.92 Å². The van der Waals surface area contributed by atoms with Crippen molar-refractivity contribution in [3.63, 3.8) is 0 Å². The molecule has 0 heterocycles. The van der Waals surface area contributed by atoms with Crippen molar-refractivity contribution >= 4 is 23.6 Å². The quantitative estimate of drug-likeness (QED) is 0.564. The largest absolute Gasteiger partial charge is 0.548 e. The molecule has 0 aromatic carbocycles. The van der Waals surface area contributed by atoms with E-state index in [0.29, 0.717) is 12.2 Å². The highest BCUT2D eigenvalue weighted by molar-refractivity contribution is 7.98. The van der Waals surface area contributed by atoms with E-state index >= 15 is 0 Å². The summed E-state index contributed by atoms with van der Waals surface area (Å²) in [5.74, 6) is -0.735. The second kappa shape index (κ2) is 8.36. The van der Waals surface area contributed by atoms with Crippen molar-refractivity contribution in [3.05, 3.63) is 0 Å². The first-order chi connectivity index (χ1) is 7.93. The molecule has 0 spiro atoms. The summed E-state index contributed by atoms with van der Waals surface area (Å²) in [6, 6.07) is -1.33. The first-order valence-electron chi connectivity index (χ1n) is 5.77. The maximum Gasteiger partial charge on any atom is 0.278 e. The van der Waals surface area contributed by atoms with Crippen LogP contribution >= 0.6 is 11.8 Å². The van der Waals surface area contributed by atoms with E-state index in [2.05, 4.69) is 11.1 Å². The summed E-state index contributed by atoms with van der Waals surface area (Å²) in [5, 5.41) is 13.3. The number of hydrogen-bond donors (Lipinski definition) is 2. The van der Waals surface area contributed by atoms with Crippen molar-refractivity contribution in [1.82, 2.24) is 5.32 Å². The minimum Gasteiger partial charge on any atom is -0.548 e. The van der Waals surface area contributed by atoms with Gasteiger partial charge in [-0.15, -0.1) is 0 Å². The van der Waals surface area contributed by atoms with Gasteiger partial charge in [0.15, 0.2) is 6.04 Å². The number of amides is 1. The molecular weight excluding hydrogens is 240 g/mol. The lowest BCUT2D eigenvalue weighted by Gasteiger charge is -2.22. The van der Waals surface area contributed by atoms with Crippen LogP contribution in [0.2, 0.25) is 0 Å². The number of quaternary nitrogens is 1. The lowest BCUT2D eigenvalue weighted by atomic mass is 9.99. The molecule has 0 unspecified atom stereocenters. The molecule has 0 fully saturated rings. The minimum atomic E-state index is -1.23. The highest BCUT2D eigenvalue weighted by atomic mass is 32.2. The van der Waals surface area contributed by atoms with Gasteiger partial charge in [0.25, 0.3) is 5.91 Å². The maximum absolute atomic E-state index is 11.7. The number of carbonyl (C=O) groups excluding carboxylic acids is 2. The fourth-order valence-electron chi connectivity index (χ4n) is 1.31. The van der Waals surface area contributed by atoms with Crippen molar-refractivity contribution in [3.8, 4) is 0 Å². The zero-order valence-electron chi connectivity index (χ0n) is 10.7. The van der Waals surface area contributed by atoms with Crippen LogP contribution in [0.1, 0.15) is 26.7 Å². The SMILES string of the molecule is CC[C@H](C)[C@H]([NH3+])C(=O)N[C@@H](CCSC)C(=O)[O-]. The molecule has 3 atom stereocenters. The van der Waals surface area contributed by atoms with E-state index in [4.69, 9.17) is 0 Å². The van der Waals surface area contributed by atoms with Crippen LogP contribution < -0.4 is 16.2 Å². The van der Waals surface area contributed by atoms with Crippen molar-refractivity contribution in [1.29, 1.82) is 0 Å². The lowest BCUT2D eigenvalue weighted by Crippen LogP contribution is -2.71. The second-order valence-electron chi connectivity index (χ2n) is 4.15. The summed E-state index contributed by atoms with van der Waals surface area (Å²) in [4.78, 5) is 22.6. The molecule has 0 aromatic heterocycles. The molecule has 0 aliphatic heterocycles. The number of carbonyl (C=O) groups is 2. The second-order valence-corrected chi connectivity index (χ2v) is 5.14. The van der Waals surface area contributed by atoms with E-state index in [1.54, 1.807) is 0 Å². The van der Waals surface area contributed by atoms with Gasteiger partial charge in [-0.05, 0) is 24.9 Å². The van der Waals surface area contributed by atoms with Gasteiger partial charge in [-0.3, -0.25) is 4.79 Å². The predicted molar refractivity (Wildman–Crippen MR) is 66.1 cm³/mol. The van der Waals surface area contributed by atoms with E-state index in [1.165, 1.54) is 11.8 Å². The van der Waals surface area contributed by atoms with E-state index in [-0.39, 0.29) is 11.8 Å². The molecule has 5 nitrogen and oxygen atoms in total. The molecule has 17 heavy (non-hydrogen) atoms. The molecule has 0 bridgehead atoms. The van der Waals surface area contributed by atoms with Crippen LogP contribution in [-0.2, 0) is 9.59 Å². The van der Waals surface area contributed by atoms with Gasteiger partial charge in [-0.1, -0.05) is 13.8 Å². The summed E-state index contributed by atoms with van der Waals surface area (Å²) in [6.07, 6.45) is 3.10. The molecule has 0 rings (SSSR count). The van der Waals surface area contributed by atoms with Gasteiger partial charge < -0.3 is 21.0 Å². The highest BCUT2D eigenvalue weighted by Gasteiger charge is 2.25. The van der Waals surface area contributed by atoms with Crippen LogP contribution in [0.3, 0.4) is 0 Å². The van der Waals surface area contributed by atoms with Crippen LogP contribution in [0.5, 0.6) is 0 Å². The average Bonchev–Trinajstić information content (AvgIpc) is 2.31. The Morgan fingerprint density at radius 1 is 1.47 bits per heavy atom. The Kier molecular flexibility index (Phi) is 7.99. The third-order valence-corrected chi connectivity index (χ3v) is 3.52. The molecule has 6 heteroatoms. The van der Waals surface area contributed by atoms with Gasteiger partial charge >= 0.3 is 0 Å². The van der Waals surface area contributed by atoms with E-state index in [9.17, 15) is 14.7 Å². The maximum atomic E-state index is 11.7. The first kappa shape index (κ1) is 16.2. The van der Waals surface area contributed by atoms with E-state index in [1.807, 2.05) is 20.1 Å². The third kappa shape index (κ3) is 5.93. The number of hydrogen-bond acceptors (Lipinski definition) is 4. The number of thioether (sulfide) groups is 1. The summed E-state index contributed by atoms with van der Waals surface area (Å²) in [6.45, 7) is 3.90. The zero-order valence-corrected chi connectivity index (χ0v) is 11.5. The fraction of sp³-hybridized carbons (Fsp3) is 0.818. The molecule has 0 saturated carbocycles. The monoisotopic (exact) mass is 262 g/mol. The minimum absolute atomic E-state index is 0.137. The normalized spacial score (nSPS) is 16.0. The number of carboxylic acid groups (broad SMARTS) is 1. The van der Waals surface area contributed by atoms with Crippen LogP contribution in [-0.4, -0.2) is 36.0 Å². The Morgan fingerprint density at radius 2 is 2.06 bits per heavy atom. The van der Waals surface area contributed by atoms with Gasteiger partial charge in [-0.2, -0.15) is 11.8 Å². The Labute approximate surface area is 107 Å². The Bertz CT molecular complexity index is 261. The Balaban J connectivity index is 4.34. The lowest BCUT2D eigenvalue weighted by molar-refractivity contribution is -0.415. The van der Waals surface area contributed by atoms with Crippen LogP contribution in [0, 0.1) is 5.92 Å². The van der Waals surface area contributed by atoms with Crippen LogP contribution in [0.4, 0.5) is 0 Å². The molecule has 0 aliphatic rings. The summed E-state index contributed by atoms with van der Waals surface area (Å²) in [7, 11) is 0. The first-order valence-corrected chi connectivity index (χ1v) is 7.16. The van der Waals surface area contributed by atoms with Gasteiger partial charge in [-0.25, -0.2) is 0 Å². The summed E-state index contributed by atoms with van der Waals surface area (Å²) >= 11 is 1.54. The number of carboxylic acids is 1. The van der Waals surface area contributed by atoms with Gasteiger partial charge in [0.2, 0.25) is 0 Å². The van der Waals surface area contributed by atoms with Crippen molar-refractivity contribution in [2.45, 2.75) is 38.8 Å². The smallest absolute Gasteiger partial charge is 0.278 e. The van der Waals surface area contributed by atoms with Crippen molar-refractivity contribution in [2.75, 3.05) is 12.0 Å². The number of rotatable bonds is 8. The van der Waals surface area contributed by atoms with E-state index in [0.717, 1.165) is 6.42 Å². The third-order valence-electron chi connectivity index (χ3n) is 2.88. The van der Waals surface area contributed by atoms with Crippen LogP contribution in [0.15, 0.2) is 0 Å².